The minimum Gasteiger partial charge on any atom is -0.481 e. The van der Waals surface area contributed by atoms with Crippen LogP contribution in [-0.4, -0.2) is 25.0 Å². The highest BCUT2D eigenvalue weighted by atomic mass is 32.2. The van der Waals surface area contributed by atoms with E-state index in [0.29, 0.717) is 12.0 Å². The lowest BCUT2D eigenvalue weighted by molar-refractivity contribution is -0.137. The first-order chi connectivity index (χ1) is 9.13. The highest BCUT2D eigenvalue weighted by Crippen LogP contribution is 2.49. The van der Waals surface area contributed by atoms with Gasteiger partial charge >= 0.3 is 11.5 Å². The molecule has 4 nitrogen and oxygen atoms in total. The summed E-state index contributed by atoms with van der Waals surface area (Å²) in [4.78, 5) is 9.72. The summed E-state index contributed by atoms with van der Waals surface area (Å²) in [6, 6.07) is 4.44. The number of hydrogen-bond donors (Lipinski definition) is 1. The number of benzene rings is 1. The van der Waals surface area contributed by atoms with Crippen molar-refractivity contribution in [3.8, 4) is 0 Å². The van der Waals surface area contributed by atoms with Crippen LogP contribution < -0.4 is 0 Å². The Morgan fingerprint density at radius 2 is 1.80 bits per heavy atom. The molecule has 8 heteroatoms. The van der Waals surface area contributed by atoms with Gasteiger partial charge in [0.05, 0.1) is 4.90 Å². The molecule has 1 fully saturated rings. The van der Waals surface area contributed by atoms with E-state index < -0.39 is 26.2 Å². The zero-order valence-corrected chi connectivity index (χ0v) is 10.9. The highest BCUT2D eigenvalue weighted by molar-refractivity contribution is 7.92. The van der Waals surface area contributed by atoms with Crippen LogP contribution in [0.2, 0.25) is 0 Å². The molecular weight excluding hydrogens is 297 g/mol. The zero-order valence-electron chi connectivity index (χ0n) is 10.1. The molecule has 0 heterocycles. The van der Waals surface area contributed by atoms with Gasteiger partial charge in [-0.05, 0) is 36.0 Å². The fraction of sp³-hybridized carbons (Fsp3) is 0.417. The molecule has 0 radical (unpaired) electrons. The molecule has 20 heavy (non-hydrogen) atoms. The smallest absolute Gasteiger partial charge is 0.481 e. The van der Waals surface area contributed by atoms with Gasteiger partial charge in [0.2, 0.25) is 0 Å². The van der Waals surface area contributed by atoms with E-state index in [9.17, 15) is 26.4 Å². The molecule has 0 bridgehead atoms. The Hall–Kier alpha value is -1.57. The summed E-state index contributed by atoms with van der Waals surface area (Å²) in [6.07, 6.45) is 0.658. The first-order valence-electron chi connectivity index (χ1n) is 5.76. The molecule has 1 N–H and O–H groups in total. The summed E-state index contributed by atoms with van der Waals surface area (Å²) in [7, 11) is -5.33. The van der Waals surface area contributed by atoms with Crippen molar-refractivity contribution >= 4 is 15.8 Å². The summed E-state index contributed by atoms with van der Waals surface area (Å²) < 4.78 is 59.3. The maximum Gasteiger partial charge on any atom is 0.501 e. The average molecular weight is 308 g/mol. The summed E-state index contributed by atoms with van der Waals surface area (Å²) in [6.45, 7) is 0. The maximum absolute atomic E-state index is 12.3. The molecule has 0 aromatic heterocycles. The van der Waals surface area contributed by atoms with Crippen LogP contribution in [0.1, 0.15) is 24.3 Å². The second kappa shape index (κ2) is 4.76. The van der Waals surface area contributed by atoms with Gasteiger partial charge in [0.1, 0.15) is 0 Å². The molecule has 1 aromatic rings. The summed E-state index contributed by atoms with van der Waals surface area (Å²) in [5, 5.41) is 8.62. The molecule has 2 atom stereocenters. The SMILES string of the molecule is O=C(O)CC1CC1c1ccc(S(=O)(=O)C(F)(F)F)cc1. The summed E-state index contributed by atoms with van der Waals surface area (Å²) in [5.41, 5.74) is -4.66. The molecule has 110 valence electrons. The van der Waals surface area contributed by atoms with Crippen molar-refractivity contribution in [3.05, 3.63) is 29.8 Å². The first-order valence-corrected chi connectivity index (χ1v) is 7.24. The van der Waals surface area contributed by atoms with Crippen molar-refractivity contribution in [1.82, 2.24) is 0 Å². The van der Waals surface area contributed by atoms with E-state index in [-0.39, 0.29) is 18.3 Å². The van der Waals surface area contributed by atoms with Crippen LogP contribution in [0, 0.1) is 5.92 Å². The van der Waals surface area contributed by atoms with Crippen molar-refractivity contribution in [2.24, 2.45) is 5.92 Å². The zero-order chi connectivity index (χ0) is 15.1. The number of carboxylic acid groups (broad SMARTS) is 1. The van der Waals surface area contributed by atoms with Gasteiger partial charge in [-0.1, -0.05) is 12.1 Å². The largest absolute Gasteiger partial charge is 0.501 e. The second-order valence-electron chi connectivity index (χ2n) is 4.72. The van der Waals surface area contributed by atoms with E-state index in [1.165, 1.54) is 12.1 Å². The maximum atomic E-state index is 12.3. The van der Waals surface area contributed by atoms with E-state index in [1.807, 2.05) is 0 Å². The van der Waals surface area contributed by atoms with Crippen molar-refractivity contribution in [3.63, 3.8) is 0 Å². The Kier molecular flexibility index (Phi) is 3.53. The number of alkyl halides is 3. The topological polar surface area (TPSA) is 71.4 Å². The van der Waals surface area contributed by atoms with Gasteiger partial charge < -0.3 is 5.11 Å². The third-order valence-electron chi connectivity index (χ3n) is 3.28. The number of hydrogen-bond acceptors (Lipinski definition) is 3. The normalized spacial score (nSPS) is 22.6. The number of sulfone groups is 1. The molecular formula is C12H11F3O4S. The van der Waals surface area contributed by atoms with Crippen molar-refractivity contribution in [2.45, 2.75) is 29.2 Å². The highest BCUT2D eigenvalue weighted by Gasteiger charge is 2.47. The van der Waals surface area contributed by atoms with E-state index in [0.717, 1.165) is 12.1 Å². The van der Waals surface area contributed by atoms with Crippen molar-refractivity contribution in [2.75, 3.05) is 0 Å². The van der Waals surface area contributed by atoms with Crippen LogP contribution in [0.5, 0.6) is 0 Å². The number of aliphatic carboxylic acids is 1. The lowest BCUT2D eigenvalue weighted by atomic mass is 10.1. The molecule has 2 unspecified atom stereocenters. The second-order valence-corrected chi connectivity index (χ2v) is 6.66. The fourth-order valence-corrected chi connectivity index (χ4v) is 2.90. The molecule has 2 rings (SSSR count). The number of carboxylic acids is 1. The third-order valence-corrected chi connectivity index (χ3v) is 4.78. The average Bonchev–Trinajstić information content (AvgIpc) is 3.06. The van der Waals surface area contributed by atoms with Crippen molar-refractivity contribution in [1.29, 1.82) is 0 Å². The van der Waals surface area contributed by atoms with E-state index in [4.69, 9.17) is 5.11 Å². The summed E-state index contributed by atoms with van der Waals surface area (Å²) in [5.74, 6) is -0.972. The lowest BCUT2D eigenvalue weighted by Gasteiger charge is -2.08. The Balaban J connectivity index is 2.15. The predicted octanol–water partition coefficient (Wildman–Crippen LogP) is 2.56. The van der Waals surface area contributed by atoms with Crippen LogP contribution in [0.15, 0.2) is 29.2 Å². The van der Waals surface area contributed by atoms with Gasteiger partial charge in [0.15, 0.2) is 0 Å². The molecule has 1 saturated carbocycles. The van der Waals surface area contributed by atoms with Crippen LogP contribution in [0.4, 0.5) is 13.2 Å². The third kappa shape index (κ3) is 2.79. The van der Waals surface area contributed by atoms with Crippen LogP contribution in [0.3, 0.4) is 0 Å². The quantitative estimate of drug-likeness (QED) is 0.928. The van der Waals surface area contributed by atoms with Gasteiger partial charge in [0.25, 0.3) is 9.84 Å². The van der Waals surface area contributed by atoms with E-state index in [2.05, 4.69) is 0 Å². The molecule has 1 aliphatic rings. The van der Waals surface area contributed by atoms with E-state index >= 15 is 0 Å². The molecule has 0 aliphatic heterocycles. The first kappa shape index (κ1) is 14.8. The lowest BCUT2D eigenvalue weighted by Crippen LogP contribution is -2.23. The van der Waals surface area contributed by atoms with Gasteiger partial charge in [-0.15, -0.1) is 0 Å². The van der Waals surface area contributed by atoms with Crippen LogP contribution >= 0.6 is 0 Å². The monoisotopic (exact) mass is 308 g/mol. The van der Waals surface area contributed by atoms with Gasteiger partial charge in [-0.3, -0.25) is 4.79 Å². The minimum absolute atomic E-state index is 0.00721. The predicted molar refractivity (Wildman–Crippen MR) is 62.8 cm³/mol. The minimum atomic E-state index is -5.33. The Labute approximate surface area is 113 Å². The molecule has 1 aliphatic carbocycles. The number of halogens is 3. The molecule has 0 spiro atoms. The van der Waals surface area contributed by atoms with E-state index in [1.54, 1.807) is 0 Å². The van der Waals surface area contributed by atoms with Crippen molar-refractivity contribution < 1.29 is 31.5 Å². The number of carbonyl (C=O) groups is 1. The Morgan fingerprint density at radius 1 is 1.25 bits per heavy atom. The standard InChI is InChI=1S/C12H11F3O4S/c13-12(14,15)20(18,19)9-3-1-7(2-4-9)10-5-8(10)6-11(16)17/h1-4,8,10H,5-6H2,(H,16,17). The van der Waals surface area contributed by atoms with Gasteiger partial charge in [-0.2, -0.15) is 13.2 Å². The summed E-state index contributed by atoms with van der Waals surface area (Å²) >= 11 is 0. The van der Waals surface area contributed by atoms with Crippen LogP contribution in [-0.2, 0) is 14.6 Å². The molecule has 0 saturated heterocycles. The number of rotatable bonds is 4. The van der Waals surface area contributed by atoms with Gasteiger partial charge in [-0.25, -0.2) is 8.42 Å². The Morgan fingerprint density at radius 3 is 2.25 bits per heavy atom. The van der Waals surface area contributed by atoms with Gasteiger partial charge in [0, 0.05) is 6.42 Å². The fourth-order valence-electron chi connectivity index (χ4n) is 2.13. The molecule has 0 amide bonds. The Bertz CT molecular complexity index is 619. The van der Waals surface area contributed by atoms with Crippen LogP contribution in [0.25, 0.3) is 0 Å². The molecule has 1 aromatic carbocycles.